The lowest BCUT2D eigenvalue weighted by Gasteiger charge is -1.94. The van der Waals surface area contributed by atoms with E-state index >= 15 is 0 Å². The molecule has 0 aliphatic heterocycles. The van der Waals surface area contributed by atoms with Crippen LogP contribution in [0.5, 0.6) is 0 Å². The fourth-order valence-electron chi connectivity index (χ4n) is 0.963. The Morgan fingerprint density at radius 1 is 1.20 bits per heavy atom. The first kappa shape index (κ1) is 10.6. The molecular weight excluding hydrogens is 186 g/mol. The molecular formula is C12H9N3. The Morgan fingerprint density at radius 3 is 2.53 bits per heavy atom. The SMILES string of the molecule is N#CC=C(C#N)N/C=C/c1ccccc1. The van der Waals surface area contributed by atoms with Crippen molar-refractivity contribution in [2.75, 3.05) is 0 Å². The predicted molar refractivity (Wildman–Crippen MR) is 57.9 cm³/mol. The molecule has 1 aromatic carbocycles. The highest BCUT2D eigenvalue weighted by atomic mass is 14.8. The molecule has 1 rings (SSSR count). The Labute approximate surface area is 88.6 Å². The van der Waals surface area contributed by atoms with Gasteiger partial charge in [-0.2, -0.15) is 10.5 Å². The van der Waals surface area contributed by atoms with E-state index in [0.717, 1.165) is 11.6 Å². The Kier molecular flexibility index (Phi) is 4.23. The summed E-state index contributed by atoms with van der Waals surface area (Å²) in [7, 11) is 0. The Balaban J connectivity index is 2.59. The average Bonchev–Trinajstić information content (AvgIpc) is 2.29. The van der Waals surface area contributed by atoms with Crippen LogP contribution >= 0.6 is 0 Å². The van der Waals surface area contributed by atoms with E-state index in [1.807, 2.05) is 42.5 Å². The molecule has 1 aromatic rings. The zero-order chi connectivity index (χ0) is 10.9. The van der Waals surface area contributed by atoms with Gasteiger partial charge in [-0.1, -0.05) is 30.3 Å². The summed E-state index contributed by atoms with van der Waals surface area (Å²) in [5, 5.41) is 19.6. The van der Waals surface area contributed by atoms with Crippen LogP contribution in [0.4, 0.5) is 0 Å². The molecule has 0 amide bonds. The summed E-state index contributed by atoms with van der Waals surface area (Å²) in [5.41, 5.74) is 1.25. The third-order valence-electron chi connectivity index (χ3n) is 1.64. The van der Waals surface area contributed by atoms with Crippen molar-refractivity contribution in [3.63, 3.8) is 0 Å². The van der Waals surface area contributed by atoms with Gasteiger partial charge in [-0.15, -0.1) is 0 Å². The van der Waals surface area contributed by atoms with Crippen LogP contribution in [-0.2, 0) is 0 Å². The molecule has 0 saturated carbocycles. The minimum atomic E-state index is 0.227. The number of nitriles is 2. The maximum atomic E-state index is 8.59. The van der Waals surface area contributed by atoms with Gasteiger partial charge in [0.15, 0.2) is 0 Å². The Hall–Kier alpha value is -2.52. The summed E-state index contributed by atoms with van der Waals surface area (Å²) in [4.78, 5) is 0. The van der Waals surface area contributed by atoms with Crippen molar-refractivity contribution in [2.24, 2.45) is 0 Å². The van der Waals surface area contributed by atoms with Gasteiger partial charge < -0.3 is 5.32 Å². The van der Waals surface area contributed by atoms with Gasteiger partial charge in [0.05, 0.1) is 12.1 Å². The third kappa shape index (κ3) is 3.80. The van der Waals surface area contributed by atoms with E-state index in [-0.39, 0.29) is 5.70 Å². The van der Waals surface area contributed by atoms with Gasteiger partial charge >= 0.3 is 0 Å². The minimum Gasteiger partial charge on any atom is -0.353 e. The van der Waals surface area contributed by atoms with Crippen LogP contribution in [0.15, 0.2) is 48.3 Å². The summed E-state index contributed by atoms with van der Waals surface area (Å²) < 4.78 is 0. The number of nitrogens with zero attached hydrogens (tertiary/aromatic N) is 2. The van der Waals surface area contributed by atoms with Crippen molar-refractivity contribution in [3.8, 4) is 12.1 Å². The summed E-state index contributed by atoms with van der Waals surface area (Å²) in [6, 6.07) is 13.3. The second-order valence-electron chi connectivity index (χ2n) is 2.69. The molecule has 15 heavy (non-hydrogen) atoms. The van der Waals surface area contributed by atoms with E-state index in [0.29, 0.717) is 0 Å². The van der Waals surface area contributed by atoms with Crippen molar-refractivity contribution < 1.29 is 0 Å². The molecule has 0 atom stereocenters. The topological polar surface area (TPSA) is 59.6 Å². The molecule has 0 unspecified atom stereocenters. The number of rotatable bonds is 3. The van der Waals surface area contributed by atoms with Crippen LogP contribution in [0.2, 0.25) is 0 Å². The molecule has 1 N–H and O–H groups in total. The van der Waals surface area contributed by atoms with E-state index < -0.39 is 0 Å². The van der Waals surface area contributed by atoms with Gasteiger partial charge in [0.2, 0.25) is 0 Å². The first-order valence-corrected chi connectivity index (χ1v) is 4.35. The Morgan fingerprint density at radius 2 is 1.93 bits per heavy atom. The molecule has 0 aromatic heterocycles. The van der Waals surface area contributed by atoms with Gasteiger partial charge in [0.25, 0.3) is 0 Å². The molecule has 0 bridgehead atoms. The van der Waals surface area contributed by atoms with Crippen molar-refractivity contribution in [2.45, 2.75) is 0 Å². The fraction of sp³-hybridized carbons (Fsp3) is 0. The summed E-state index contributed by atoms with van der Waals surface area (Å²) in [5.74, 6) is 0. The van der Waals surface area contributed by atoms with Crippen molar-refractivity contribution in [3.05, 3.63) is 53.9 Å². The molecule has 0 fully saturated rings. The van der Waals surface area contributed by atoms with Crippen molar-refractivity contribution in [1.82, 2.24) is 5.32 Å². The maximum absolute atomic E-state index is 8.59. The second kappa shape index (κ2) is 6.01. The number of nitrogens with one attached hydrogen (secondary N) is 1. The smallest absolute Gasteiger partial charge is 0.128 e. The largest absolute Gasteiger partial charge is 0.353 e. The Bertz CT molecular complexity index is 444. The van der Waals surface area contributed by atoms with E-state index in [4.69, 9.17) is 10.5 Å². The molecule has 0 aliphatic carbocycles. The highest BCUT2D eigenvalue weighted by molar-refractivity contribution is 5.49. The third-order valence-corrected chi connectivity index (χ3v) is 1.64. The van der Waals surface area contributed by atoms with Crippen LogP contribution in [-0.4, -0.2) is 0 Å². The molecule has 0 aliphatic rings. The van der Waals surface area contributed by atoms with Crippen LogP contribution < -0.4 is 5.32 Å². The lowest BCUT2D eigenvalue weighted by molar-refractivity contribution is 1.12. The first-order chi connectivity index (χ1) is 7.36. The van der Waals surface area contributed by atoms with Crippen molar-refractivity contribution >= 4 is 6.08 Å². The number of hydrogen-bond donors (Lipinski definition) is 1. The van der Waals surface area contributed by atoms with E-state index in [1.165, 1.54) is 0 Å². The quantitative estimate of drug-likeness (QED) is 0.752. The molecule has 0 radical (unpaired) electrons. The van der Waals surface area contributed by atoms with E-state index in [1.54, 1.807) is 12.3 Å². The zero-order valence-electron chi connectivity index (χ0n) is 8.01. The number of hydrogen-bond acceptors (Lipinski definition) is 3. The molecule has 3 heteroatoms. The molecule has 3 nitrogen and oxygen atoms in total. The molecule has 0 heterocycles. The lowest BCUT2D eigenvalue weighted by atomic mass is 10.2. The van der Waals surface area contributed by atoms with E-state index in [9.17, 15) is 0 Å². The van der Waals surface area contributed by atoms with E-state index in [2.05, 4.69) is 5.32 Å². The predicted octanol–water partition coefficient (Wildman–Crippen LogP) is 2.18. The van der Waals surface area contributed by atoms with Crippen molar-refractivity contribution in [1.29, 1.82) is 10.5 Å². The summed E-state index contributed by atoms with van der Waals surface area (Å²) >= 11 is 0. The monoisotopic (exact) mass is 195 g/mol. The second-order valence-corrected chi connectivity index (χ2v) is 2.69. The van der Waals surface area contributed by atoms with Gasteiger partial charge in [0, 0.05) is 6.20 Å². The first-order valence-electron chi connectivity index (χ1n) is 4.35. The minimum absolute atomic E-state index is 0.227. The van der Waals surface area contributed by atoms with Gasteiger partial charge in [-0.3, -0.25) is 0 Å². The van der Waals surface area contributed by atoms with Gasteiger partial charge in [0.1, 0.15) is 11.8 Å². The van der Waals surface area contributed by atoms with Crippen LogP contribution in [0.25, 0.3) is 6.08 Å². The van der Waals surface area contributed by atoms with Crippen LogP contribution in [0.3, 0.4) is 0 Å². The summed E-state index contributed by atoms with van der Waals surface area (Å²) in [6.45, 7) is 0. The molecule has 0 spiro atoms. The normalized spacial score (nSPS) is 10.7. The molecule has 0 saturated heterocycles. The maximum Gasteiger partial charge on any atom is 0.128 e. The number of benzene rings is 1. The van der Waals surface area contributed by atoms with Gasteiger partial charge in [-0.25, -0.2) is 0 Å². The fourth-order valence-corrected chi connectivity index (χ4v) is 0.963. The highest BCUT2D eigenvalue weighted by Gasteiger charge is 1.88. The van der Waals surface area contributed by atoms with Crippen LogP contribution in [0, 0.1) is 22.7 Å². The van der Waals surface area contributed by atoms with Gasteiger partial charge in [-0.05, 0) is 11.6 Å². The average molecular weight is 195 g/mol. The number of allylic oxidation sites excluding steroid dienone is 2. The standard InChI is InChI=1S/C12H9N3/c13-8-6-12(10-14)15-9-7-11-4-2-1-3-5-11/h1-7,9,15H/b9-7+,12-6?. The zero-order valence-corrected chi connectivity index (χ0v) is 8.01. The highest BCUT2D eigenvalue weighted by Crippen LogP contribution is 2.00. The van der Waals surface area contributed by atoms with Crippen LogP contribution in [0.1, 0.15) is 5.56 Å². The summed E-state index contributed by atoms with van der Waals surface area (Å²) in [6.07, 6.45) is 4.61. The lowest BCUT2D eigenvalue weighted by Crippen LogP contribution is -2.01. The molecule has 72 valence electrons.